The van der Waals surface area contributed by atoms with E-state index in [2.05, 4.69) is 14.9 Å². The summed E-state index contributed by atoms with van der Waals surface area (Å²) in [6, 6.07) is 10.1. The van der Waals surface area contributed by atoms with Crippen molar-refractivity contribution in [3.8, 4) is 0 Å². The fraction of sp³-hybridized carbons (Fsp3) is 0.320. The molecule has 0 unspecified atom stereocenters. The van der Waals surface area contributed by atoms with E-state index in [4.69, 9.17) is 0 Å². The molecule has 1 aliphatic heterocycles. The lowest BCUT2D eigenvalue weighted by atomic mass is 9.99. The molecular weight excluding hydrogens is 404 g/mol. The van der Waals surface area contributed by atoms with Crippen molar-refractivity contribution in [2.45, 2.75) is 39.7 Å². The second kappa shape index (κ2) is 7.51. The summed E-state index contributed by atoms with van der Waals surface area (Å²) in [5, 5.41) is 10.7. The van der Waals surface area contributed by atoms with Crippen molar-refractivity contribution in [3.63, 3.8) is 0 Å². The van der Waals surface area contributed by atoms with Crippen molar-refractivity contribution in [1.29, 1.82) is 0 Å². The predicted octanol–water partition coefficient (Wildman–Crippen LogP) is 4.34. The van der Waals surface area contributed by atoms with Crippen LogP contribution < -0.4 is 10.6 Å². The van der Waals surface area contributed by atoms with Gasteiger partial charge in [0.2, 0.25) is 0 Å². The molecule has 4 aromatic rings. The summed E-state index contributed by atoms with van der Waals surface area (Å²) in [4.78, 5) is 34.2. The van der Waals surface area contributed by atoms with Gasteiger partial charge in [-0.05, 0) is 74.6 Å². The van der Waals surface area contributed by atoms with Crippen LogP contribution in [0.15, 0.2) is 41.3 Å². The third-order valence-corrected chi connectivity index (χ3v) is 6.70. The summed E-state index contributed by atoms with van der Waals surface area (Å²) in [5.74, 6) is -0.974. The van der Waals surface area contributed by atoms with Crippen LogP contribution in [-0.4, -0.2) is 38.7 Å². The molecule has 1 fully saturated rings. The van der Waals surface area contributed by atoms with Gasteiger partial charge in [-0.3, -0.25) is 9.55 Å². The molecule has 7 heteroatoms. The quantitative estimate of drug-likeness (QED) is 0.504. The largest absolute Gasteiger partial charge is 0.478 e. The smallest absolute Gasteiger partial charge is 0.339 e. The zero-order valence-corrected chi connectivity index (χ0v) is 18.5. The summed E-state index contributed by atoms with van der Waals surface area (Å²) in [6.07, 6.45) is 2.98. The Morgan fingerprint density at radius 1 is 1.09 bits per heavy atom. The molecule has 0 saturated carbocycles. The highest BCUT2D eigenvalue weighted by molar-refractivity contribution is 6.05. The topological polar surface area (TPSA) is 91.2 Å². The number of carbonyl (C=O) groups is 1. The first-order chi connectivity index (χ1) is 15.3. The second-order valence-corrected chi connectivity index (χ2v) is 8.82. The van der Waals surface area contributed by atoms with E-state index in [0.717, 1.165) is 57.2 Å². The Morgan fingerprint density at radius 3 is 2.53 bits per heavy atom. The number of aromatic nitrogens is 3. The number of carboxylic acid groups (broad SMARTS) is 1. The highest BCUT2D eigenvalue weighted by atomic mass is 16.4. The minimum atomic E-state index is -0.974. The van der Waals surface area contributed by atoms with E-state index in [-0.39, 0.29) is 17.3 Å². The fourth-order valence-corrected chi connectivity index (χ4v) is 4.89. The SMILES string of the molecule is Cc1ccc2c(c1)[nH]c(=O)n2C1CCN(c2c(C(=O)O)cnc3cc(C)c(C)cc23)CC1. The molecule has 2 aromatic carbocycles. The normalized spacial score (nSPS) is 15.0. The van der Waals surface area contributed by atoms with Gasteiger partial charge in [-0.15, -0.1) is 0 Å². The number of aromatic carboxylic acids is 1. The number of anilines is 1. The summed E-state index contributed by atoms with van der Waals surface area (Å²) in [5.41, 5.74) is 6.80. The molecule has 32 heavy (non-hydrogen) atoms. The number of nitrogens with one attached hydrogen (secondary N) is 1. The van der Waals surface area contributed by atoms with E-state index >= 15 is 0 Å². The van der Waals surface area contributed by atoms with Gasteiger partial charge in [0.15, 0.2) is 0 Å². The van der Waals surface area contributed by atoms with Crippen molar-refractivity contribution in [2.75, 3.05) is 18.0 Å². The number of carboxylic acids is 1. The van der Waals surface area contributed by atoms with Gasteiger partial charge < -0.3 is 15.0 Å². The number of nitrogens with zero attached hydrogens (tertiary/aromatic N) is 3. The molecule has 7 nitrogen and oxygen atoms in total. The highest BCUT2D eigenvalue weighted by Gasteiger charge is 2.27. The number of piperidine rings is 1. The zero-order chi connectivity index (χ0) is 22.6. The number of hydrogen-bond acceptors (Lipinski definition) is 4. The first kappa shape index (κ1) is 20.3. The maximum atomic E-state index is 12.7. The summed E-state index contributed by atoms with van der Waals surface area (Å²) in [7, 11) is 0. The van der Waals surface area contributed by atoms with E-state index in [1.807, 2.05) is 55.7 Å². The Bertz CT molecular complexity index is 1420. The minimum absolute atomic E-state index is 0.0700. The molecule has 5 rings (SSSR count). The zero-order valence-electron chi connectivity index (χ0n) is 18.5. The van der Waals surface area contributed by atoms with Gasteiger partial charge in [0.25, 0.3) is 0 Å². The van der Waals surface area contributed by atoms with Gasteiger partial charge >= 0.3 is 11.7 Å². The van der Waals surface area contributed by atoms with Crippen molar-refractivity contribution in [1.82, 2.24) is 14.5 Å². The third-order valence-electron chi connectivity index (χ3n) is 6.70. The van der Waals surface area contributed by atoms with E-state index in [0.29, 0.717) is 13.1 Å². The van der Waals surface area contributed by atoms with Gasteiger partial charge in [0.1, 0.15) is 5.56 Å². The minimum Gasteiger partial charge on any atom is -0.478 e. The molecular formula is C25H26N4O3. The second-order valence-electron chi connectivity index (χ2n) is 8.82. The Kier molecular flexibility index (Phi) is 4.77. The number of benzene rings is 2. The first-order valence-corrected chi connectivity index (χ1v) is 10.9. The maximum absolute atomic E-state index is 12.7. The van der Waals surface area contributed by atoms with Crippen LogP contribution in [0, 0.1) is 20.8 Å². The molecule has 164 valence electrons. The molecule has 2 N–H and O–H groups in total. The number of fused-ring (bicyclic) bond motifs is 2. The monoisotopic (exact) mass is 430 g/mol. The molecule has 0 aliphatic carbocycles. The molecule has 1 saturated heterocycles. The lowest BCUT2D eigenvalue weighted by molar-refractivity contribution is 0.0697. The van der Waals surface area contributed by atoms with Crippen LogP contribution in [0.3, 0.4) is 0 Å². The van der Waals surface area contributed by atoms with Gasteiger partial charge in [-0.1, -0.05) is 6.07 Å². The number of imidazole rings is 1. The van der Waals surface area contributed by atoms with Crippen LogP contribution in [0.25, 0.3) is 21.9 Å². The van der Waals surface area contributed by atoms with Crippen LogP contribution >= 0.6 is 0 Å². The van der Waals surface area contributed by atoms with Gasteiger partial charge in [0, 0.05) is 30.7 Å². The predicted molar refractivity (Wildman–Crippen MR) is 126 cm³/mol. The Labute approximate surface area is 185 Å². The maximum Gasteiger partial charge on any atom is 0.339 e. The van der Waals surface area contributed by atoms with E-state index < -0.39 is 5.97 Å². The lowest BCUT2D eigenvalue weighted by Crippen LogP contribution is -2.37. The van der Waals surface area contributed by atoms with E-state index in [1.165, 1.54) is 6.20 Å². The van der Waals surface area contributed by atoms with Gasteiger partial charge in [0.05, 0.1) is 22.2 Å². The number of hydrogen-bond donors (Lipinski definition) is 2. The van der Waals surface area contributed by atoms with Crippen LogP contribution in [0.2, 0.25) is 0 Å². The molecule has 0 amide bonds. The van der Waals surface area contributed by atoms with Crippen molar-refractivity contribution >= 4 is 33.6 Å². The number of aromatic amines is 1. The third kappa shape index (κ3) is 3.25. The summed E-state index contributed by atoms with van der Waals surface area (Å²) in [6.45, 7) is 7.41. The number of pyridine rings is 1. The van der Waals surface area contributed by atoms with Crippen LogP contribution in [-0.2, 0) is 0 Å². The Morgan fingerprint density at radius 2 is 1.81 bits per heavy atom. The van der Waals surface area contributed by atoms with Gasteiger partial charge in [-0.2, -0.15) is 0 Å². The standard InChI is InChI=1S/C25H26N4O3/c1-14-4-5-22-21(10-14)27-25(32)29(22)17-6-8-28(9-7-17)23-18-11-15(2)16(3)12-20(18)26-13-19(23)24(30)31/h4-5,10-13,17H,6-9H2,1-3H3,(H,27,32)(H,30,31). The van der Waals surface area contributed by atoms with Crippen molar-refractivity contribution < 1.29 is 9.90 Å². The molecule has 0 atom stereocenters. The first-order valence-electron chi connectivity index (χ1n) is 10.9. The molecule has 0 spiro atoms. The average molecular weight is 431 g/mol. The van der Waals surface area contributed by atoms with E-state index in [9.17, 15) is 14.7 Å². The van der Waals surface area contributed by atoms with Crippen molar-refractivity contribution in [2.24, 2.45) is 0 Å². The number of aryl methyl sites for hydroxylation is 3. The van der Waals surface area contributed by atoms with Crippen LogP contribution in [0.5, 0.6) is 0 Å². The van der Waals surface area contributed by atoms with Crippen LogP contribution in [0.4, 0.5) is 5.69 Å². The number of H-pyrrole nitrogens is 1. The van der Waals surface area contributed by atoms with E-state index in [1.54, 1.807) is 0 Å². The fourth-order valence-electron chi connectivity index (χ4n) is 4.89. The van der Waals surface area contributed by atoms with Gasteiger partial charge in [-0.25, -0.2) is 9.59 Å². The van der Waals surface area contributed by atoms with Crippen LogP contribution in [0.1, 0.15) is 45.9 Å². The Balaban J connectivity index is 1.51. The lowest BCUT2D eigenvalue weighted by Gasteiger charge is -2.35. The molecule has 0 radical (unpaired) electrons. The molecule has 2 aromatic heterocycles. The highest BCUT2D eigenvalue weighted by Crippen LogP contribution is 2.35. The van der Waals surface area contributed by atoms with Crippen molar-refractivity contribution in [3.05, 3.63) is 69.3 Å². The summed E-state index contributed by atoms with van der Waals surface area (Å²) < 4.78 is 1.86. The number of rotatable bonds is 3. The Hall–Kier alpha value is -3.61. The molecule has 0 bridgehead atoms. The summed E-state index contributed by atoms with van der Waals surface area (Å²) >= 11 is 0. The molecule has 3 heterocycles. The molecule has 1 aliphatic rings. The average Bonchev–Trinajstić information content (AvgIpc) is 3.08.